The van der Waals surface area contributed by atoms with Gasteiger partial charge in [0.1, 0.15) is 17.8 Å². The summed E-state index contributed by atoms with van der Waals surface area (Å²) >= 11 is 1.58. The van der Waals surface area contributed by atoms with Crippen LogP contribution in [0.5, 0.6) is 5.75 Å². The molecule has 2 aromatic rings. The summed E-state index contributed by atoms with van der Waals surface area (Å²) in [5, 5.41) is 7.65. The smallest absolute Gasteiger partial charge is 0.307 e. The van der Waals surface area contributed by atoms with Crippen molar-refractivity contribution in [2.75, 3.05) is 26.0 Å². The predicted molar refractivity (Wildman–Crippen MR) is 138 cm³/mol. The third kappa shape index (κ3) is 8.29. The zero-order chi connectivity index (χ0) is 23.8. The summed E-state index contributed by atoms with van der Waals surface area (Å²) in [7, 11) is 2.22. The molecule has 4 nitrogen and oxygen atoms in total. The van der Waals surface area contributed by atoms with Gasteiger partial charge in [-0.2, -0.15) is 0 Å². The van der Waals surface area contributed by atoms with Crippen LogP contribution in [0, 0.1) is 5.92 Å². The first-order chi connectivity index (χ1) is 15.7. The molecule has 1 fully saturated rings. The van der Waals surface area contributed by atoms with E-state index in [-0.39, 0.29) is 5.92 Å². The second-order valence-corrected chi connectivity index (χ2v) is 10.5. The molecule has 0 bridgehead atoms. The number of rotatable bonds is 10. The average molecular weight is 488 g/mol. The van der Waals surface area contributed by atoms with Crippen LogP contribution in [-0.4, -0.2) is 47.3 Å². The number of allylic oxidation sites excluding steroid dienone is 3. The van der Waals surface area contributed by atoms with Crippen LogP contribution in [0.1, 0.15) is 24.5 Å². The molecule has 0 spiro atoms. The van der Waals surface area contributed by atoms with Gasteiger partial charge in [-0.1, -0.05) is 51.7 Å². The second-order valence-electron chi connectivity index (χ2n) is 8.42. The molecule has 0 radical (unpaired) electrons. The van der Waals surface area contributed by atoms with E-state index in [2.05, 4.69) is 14.1 Å². The highest BCUT2D eigenvalue weighted by Gasteiger charge is 2.27. The molecule has 0 amide bonds. The van der Waals surface area contributed by atoms with Gasteiger partial charge in [-0.3, -0.25) is 9.69 Å². The first kappa shape index (κ1) is 25.5. The predicted octanol–water partition coefficient (Wildman–Crippen LogP) is 5.86. The highest BCUT2D eigenvalue weighted by atomic mass is 32.2. The minimum Gasteiger partial charge on any atom is -0.488 e. The van der Waals surface area contributed by atoms with Crippen molar-refractivity contribution in [2.24, 2.45) is 5.92 Å². The van der Waals surface area contributed by atoms with E-state index in [9.17, 15) is 9.18 Å². The van der Waals surface area contributed by atoms with E-state index in [0.29, 0.717) is 19.6 Å². The number of alkyl halides is 1. The normalized spacial score (nSPS) is 19.3. The number of hydrogen-bond acceptors (Lipinski definition) is 4. The number of aliphatic carboxylic acids is 1. The zero-order valence-corrected chi connectivity index (χ0v) is 21.0. The fraction of sp³-hybridized carbons (Fsp3) is 0.346. The number of carboxylic acid groups (broad SMARTS) is 1. The monoisotopic (exact) mass is 487 g/mol. The Morgan fingerprint density at radius 1 is 1.27 bits per heavy atom. The molecule has 3 atom stereocenters. The van der Waals surface area contributed by atoms with Crippen LogP contribution in [0.2, 0.25) is 0 Å². The Morgan fingerprint density at radius 2 is 1.97 bits per heavy atom. The summed E-state index contributed by atoms with van der Waals surface area (Å²) in [4.78, 5) is 14.3. The summed E-state index contributed by atoms with van der Waals surface area (Å²) in [6, 6.07) is 17.7. The van der Waals surface area contributed by atoms with E-state index in [1.165, 1.54) is 6.92 Å². The number of carboxylic acids is 1. The molecule has 1 aliphatic heterocycles. The summed E-state index contributed by atoms with van der Waals surface area (Å²) in [5.74, 6) is -0.214. The van der Waals surface area contributed by atoms with Gasteiger partial charge in [-0.05, 0) is 67.1 Å². The number of ether oxygens (including phenoxy) is 1. The summed E-state index contributed by atoms with van der Waals surface area (Å²) in [5.41, 5.74) is 2.89. The highest BCUT2D eigenvalue weighted by molar-refractivity contribution is 8.02. The minimum atomic E-state index is -1.51. The molecule has 1 aliphatic rings. The Balaban J connectivity index is 1.63. The number of nitrogens with zero attached hydrogens (tertiary/aromatic N) is 1. The van der Waals surface area contributed by atoms with E-state index < -0.39 is 11.4 Å². The molecule has 0 aromatic heterocycles. The van der Waals surface area contributed by atoms with Crippen LogP contribution in [0.4, 0.5) is 4.39 Å². The largest absolute Gasteiger partial charge is 0.488 e. The molecule has 1 saturated heterocycles. The highest BCUT2D eigenvalue weighted by Crippen LogP contribution is 2.30. The van der Waals surface area contributed by atoms with Crippen molar-refractivity contribution < 1.29 is 19.0 Å². The van der Waals surface area contributed by atoms with E-state index >= 15 is 0 Å². The van der Waals surface area contributed by atoms with E-state index in [1.54, 1.807) is 17.8 Å². The van der Waals surface area contributed by atoms with Gasteiger partial charge in [0, 0.05) is 18.0 Å². The molecule has 0 aliphatic carbocycles. The van der Waals surface area contributed by atoms with Gasteiger partial charge >= 0.3 is 5.97 Å². The van der Waals surface area contributed by atoms with Gasteiger partial charge in [0.25, 0.3) is 0 Å². The molecule has 0 saturated carbocycles. The van der Waals surface area contributed by atoms with E-state index in [1.807, 2.05) is 66.9 Å². The van der Waals surface area contributed by atoms with Crippen LogP contribution >= 0.6 is 21.0 Å². The molecule has 2 aromatic carbocycles. The third-order valence-corrected chi connectivity index (χ3v) is 6.38. The van der Waals surface area contributed by atoms with Gasteiger partial charge < -0.3 is 9.84 Å². The standard InChI is InChI=1S/C26H31FNO3PS/c1-26(27,32)15-22(20-6-4-3-5-7-20)14-24(33-2)18-31-23-10-8-19(9-11-23)16-28-13-12-21(17-28)25(29)30/h3-11,14-15,21H,12-13,16-18,32H2,1-2H3,(H,29,30)/b22-15-,24-14-. The number of carbonyl (C=O) groups is 1. The average Bonchev–Trinajstić information content (AvgIpc) is 3.25. The Kier molecular flexibility index (Phi) is 9.13. The lowest BCUT2D eigenvalue weighted by atomic mass is 10.0. The number of thioether (sulfide) groups is 1. The van der Waals surface area contributed by atoms with Crippen molar-refractivity contribution >= 4 is 32.5 Å². The molecule has 176 valence electrons. The van der Waals surface area contributed by atoms with Gasteiger partial charge in [0.05, 0.1) is 5.92 Å². The number of likely N-dealkylation sites (tertiary alicyclic amines) is 1. The number of benzene rings is 2. The summed E-state index contributed by atoms with van der Waals surface area (Å²) < 4.78 is 20.4. The lowest BCUT2D eigenvalue weighted by Crippen LogP contribution is -2.22. The Labute approximate surface area is 202 Å². The molecular formula is C26H31FNO3PS. The van der Waals surface area contributed by atoms with Gasteiger partial charge in [0.15, 0.2) is 0 Å². The Hall–Kier alpha value is -2.14. The molecule has 3 unspecified atom stereocenters. The second kappa shape index (κ2) is 11.8. The van der Waals surface area contributed by atoms with Crippen molar-refractivity contribution in [1.82, 2.24) is 4.90 Å². The Bertz CT molecular complexity index is 987. The molecule has 1 heterocycles. The quantitative estimate of drug-likeness (QED) is 0.336. The van der Waals surface area contributed by atoms with Crippen molar-refractivity contribution in [2.45, 2.75) is 25.3 Å². The van der Waals surface area contributed by atoms with Crippen LogP contribution in [0.25, 0.3) is 5.57 Å². The number of hydrogen-bond donors (Lipinski definition) is 1. The van der Waals surface area contributed by atoms with Crippen molar-refractivity contribution in [3.05, 3.63) is 82.8 Å². The van der Waals surface area contributed by atoms with Crippen LogP contribution in [-0.2, 0) is 11.3 Å². The van der Waals surface area contributed by atoms with Crippen LogP contribution in [0.15, 0.2) is 71.7 Å². The van der Waals surface area contributed by atoms with Gasteiger partial charge in [-0.15, -0.1) is 11.8 Å². The third-order valence-electron chi connectivity index (χ3n) is 5.46. The van der Waals surface area contributed by atoms with Gasteiger partial charge in [-0.25, -0.2) is 4.39 Å². The fourth-order valence-electron chi connectivity index (χ4n) is 3.76. The molecular weight excluding hydrogens is 456 g/mol. The molecule has 7 heteroatoms. The van der Waals surface area contributed by atoms with Crippen molar-refractivity contribution in [1.29, 1.82) is 0 Å². The maximum absolute atomic E-state index is 14.4. The van der Waals surface area contributed by atoms with Crippen molar-refractivity contribution in [3.63, 3.8) is 0 Å². The molecule has 33 heavy (non-hydrogen) atoms. The van der Waals surface area contributed by atoms with Crippen LogP contribution < -0.4 is 4.74 Å². The summed E-state index contributed by atoms with van der Waals surface area (Å²) in [6.07, 6.45) is 6.27. The van der Waals surface area contributed by atoms with E-state index in [0.717, 1.165) is 40.4 Å². The van der Waals surface area contributed by atoms with Gasteiger partial charge in [0.2, 0.25) is 0 Å². The lowest BCUT2D eigenvalue weighted by molar-refractivity contribution is -0.141. The topological polar surface area (TPSA) is 49.8 Å². The molecule has 1 N–H and O–H groups in total. The first-order valence-electron chi connectivity index (χ1n) is 10.9. The maximum Gasteiger partial charge on any atom is 0.307 e. The first-order valence-corrected chi connectivity index (χ1v) is 12.7. The molecule has 3 rings (SSSR count). The zero-order valence-electron chi connectivity index (χ0n) is 19.0. The van der Waals surface area contributed by atoms with Crippen molar-refractivity contribution in [3.8, 4) is 5.75 Å². The van der Waals surface area contributed by atoms with E-state index in [4.69, 9.17) is 9.84 Å². The fourth-order valence-corrected chi connectivity index (χ4v) is 4.36. The number of halogens is 1. The lowest BCUT2D eigenvalue weighted by Gasteiger charge is -2.16. The van der Waals surface area contributed by atoms with Crippen LogP contribution in [0.3, 0.4) is 0 Å². The maximum atomic E-state index is 14.4. The Morgan fingerprint density at radius 3 is 2.55 bits per heavy atom. The summed E-state index contributed by atoms with van der Waals surface area (Å²) in [6.45, 7) is 4.04. The minimum absolute atomic E-state index is 0.263. The SMILES string of the molecule is CS/C(=C\C(=C\C(C)(F)P)c1ccccc1)COc1ccc(CN2CCC(C(=O)O)C2)cc1.